The Morgan fingerprint density at radius 2 is 1.73 bits per heavy atom. The lowest BCUT2D eigenvalue weighted by atomic mass is 10.0. The Morgan fingerprint density at radius 3 is 2.23 bits per heavy atom. The van der Waals surface area contributed by atoms with Crippen LogP contribution >= 0.6 is 15.9 Å². The fourth-order valence-corrected chi connectivity index (χ4v) is 2.08. The summed E-state index contributed by atoms with van der Waals surface area (Å²) in [5.74, 6) is -0.447. The van der Waals surface area contributed by atoms with E-state index in [9.17, 15) is 9.59 Å². The number of methoxy groups -OCH3 is 1. The zero-order valence-corrected chi connectivity index (χ0v) is 17.5. The molecule has 0 aliphatic heterocycles. The van der Waals surface area contributed by atoms with Gasteiger partial charge in [-0.25, -0.2) is 0 Å². The monoisotopic (exact) mass is 421 g/mol. The number of amides is 1. The number of ether oxygens (including phenoxy) is 1. The van der Waals surface area contributed by atoms with Crippen molar-refractivity contribution in [1.29, 1.82) is 0 Å². The first-order valence-corrected chi connectivity index (χ1v) is 9.34. The zero-order chi connectivity index (χ0) is 19.8. The number of hydrogen-bond donors (Lipinski definition) is 1. The van der Waals surface area contributed by atoms with Crippen molar-refractivity contribution in [2.24, 2.45) is 0 Å². The van der Waals surface area contributed by atoms with E-state index in [1.807, 2.05) is 6.07 Å². The predicted molar refractivity (Wildman–Crippen MR) is 111 cm³/mol. The number of carbonyl (C=O) groups excluding carboxylic acids is 2. The smallest absolute Gasteiger partial charge is 0.325 e. The molecule has 1 N–H and O–H groups in total. The second kappa shape index (κ2) is 15.1. The number of unbranched alkanes of at least 4 members (excludes halogenated alkanes) is 1. The van der Waals surface area contributed by atoms with Crippen LogP contribution in [0.2, 0.25) is 0 Å². The standard InChI is InChI=1S/C13H11Br.C4H7NO3.C4H10/c1-10-7-8-12(14)9-13(10)11-5-3-2-4-6-11;1-8-4(7)2-5-3-6;1-3-4-2/h2-9H,1H3;3H,2H2,1H3,(H,5,6);3-4H2,1-2H3. The molecule has 0 unspecified atom stereocenters. The maximum absolute atomic E-state index is 10.1. The highest BCUT2D eigenvalue weighted by atomic mass is 79.9. The average molecular weight is 422 g/mol. The molecule has 5 heteroatoms. The van der Waals surface area contributed by atoms with Crippen molar-refractivity contribution in [2.45, 2.75) is 33.6 Å². The molecule has 4 nitrogen and oxygen atoms in total. The molecule has 0 spiro atoms. The van der Waals surface area contributed by atoms with Crippen molar-refractivity contribution >= 4 is 28.3 Å². The SMILES string of the molecule is CCCC.COC(=O)CNC=O.Cc1ccc(Br)cc1-c1ccccc1. The number of nitrogens with one attached hydrogen (secondary N) is 1. The molecule has 0 fully saturated rings. The summed E-state index contributed by atoms with van der Waals surface area (Å²) in [5, 5.41) is 2.14. The third-order valence-electron chi connectivity index (χ3n) is 3.34. The van der Waals surface area contributed by atoms with Gasteiger partial charge in [-0.2, -0.15) is 0 Å². The van der Waals surface area contributed by atoms with Crippen molar-refractivity contribution in [3.63, 3.8) is 0 Å². The van der Waals surface area contributed by atoms with Gasteiger partial charge in [0.1, 0.15) is 6.54 Å². The molecule has 0 saturated heterocycles. The minimum absolute atomic E-state index is 0.0556. The molecule has 0 aliphatic rings. The lowest BCUT2D eigenvalue weighted by molar-refractivity contribution is -0.140. The molecule has 2 aromatic carbocycles. The predicted octanol–water partition coefficient (Wildman–Crippen LogP) is 5.14. The molecule has 1 amide bonds. The van der Waals surface area contributed by atoms with Crippen LogP contribution in [-0.4, -0.2) is 26.0 Å². The van der Waals surface area contributed by atoms with Crippen molar-refractivity contribution in [3.05, 3.63) is 58.6 Å². The molecule has 0 aliphatic carbocycles. The first kappa shape index (κ1) is 23.9. The number of carbonyl (C=O) groups is 2. The Bertz CT molecular complexity index is 643. The van der Waals surface area contributed by atoms with Crippen molar-refractivity contribution in [1.82, 2.24) is 5.32 Å². The third kappa shape index (κ3) is 10.7. The fourth-order valence-electron chi connectivity index (χ4n) is 1.72. The van der Waals surface area contributed by atoms with Crippen molar-refractivity contribution in [3.8, 4) is 11.1 Å². The van der Waals surface area contributed by atoms with Crippen LogP contribution in [-0.2, 0) is 14.3 Å². The third-order valence-corrected chi connectivity index (χ3v) is 3.84. The minimum Gasteiger partial charge on any atom is -0.468 e. The fraction of sp³-hybridized carbons (Fsp3) is 0.333. The maximum Gasteiger partial charge on any atom is 0.325 e. The minimum atomic E-state index is -0.447. The number of aryl methyl sites for hydroxylation is 1. The van der Waals surface area contributed by atoms with Gasteiger partial charge in [0.05, 0.1) is 7.11 Å². The number of esters is 1. The van der Waals surface area contributed by atoms with Gasteiger partial charge in [0, 0.05) is 4.47 Å². The largest absolute Gasteiger partial charge is 0.468 e. The summed E-state index contributed by atoms with van der Waals surface area (Å²) in [6, 6.07) is 16.8. The van der Waals surface area contributed by atoms with E-state index < -0.39 is 5.97 Å². The van der Waals surface area contributed by atoms with Crippen molar-refractivity contribution in [2.75, 3.05) is 13.7 Å². The van der Waals surface area contributed by atoms with Gasteiger partial charge in [-0.3, -0.25) is 9.59 Å². The van der Waals surface area contributed by atoms with E-state index in [0.717, 1.165) is 4.47 Å². The van der Waals surface area contributed by atoms with Crippen LogP contribution < -0.4 is 5.32 Å². The van der Waals surface area contributed by atoms with E-state index in [2.05, 4.69) is 89.2 Å². The Morgan fingerprint density at radius 1 is 1.12 bits per heavy atom. The lowest BCUT2D eigenvalue weighted by Gasteiger charge is -2.06. The van der Waals surface area contributed by atoms with Crippen LogP contribution in [0.5, 0.6) is 0 Å². The summed E-state index contributed by atoms with van der Waals surface area (Å²) in [6.45, 7) is 6.44. The highest BCUT2D eigenvalue weighted by Crippen LogP contribution is 2.26. The van der Waals surface area contributed by atoms with Crippen LogP contribution in [0.1, 0.15) is 32.3 Å². The van der Waals surface area contributed by atoms with Crippen LogP contribution in [0.15, 0.2) is 53.0 Å². The average Bonchev–Trinajstić information content (AvgIpc) is 2.69. The molecular weight excluding hydrogens is 394 g/mol. The second-order valence-electron chi connectivity index (χ2n) is 5.40. The van der Waals surface area contributed by atoms with E-state index in [0.29, 0.717) is 6.41 Å². The molecule has 0 saturated carbocycles. The quantitative estimate of drug-likeness (QED) is 0.537. The summed E-state index contributed by atoms with van der Waals surface area (Å²) in [7, 11) is 1.26. The molecule has 26 heavy (non-hydrogen) atoms. The molecule has 0 atom stereocenters. The molecule has 142 valence electrons. The van der Waals surface area contributed by atoms with Crippen LogP contribution in [0, 0.1) is 6.92 Å². The highest BCUT2D eigenvalue weighted by Gasteiger charge is 2.00. The van der Waals surface area contributed by atoms with Gasteiger partial charge < -0.3 is 10.1 Å². The van der Waals surface area contributed by atoms with E-state index in [-0.39, 0.29) is 6.54 Å². The van der Waals surface area contributed by atoms with E-state index in [1.165, 1.54) is 36.6 Å². The number of halogens is 1. The van der Waals surface area contributed by atoms with Gasteiger partial charge in [0.15, 0.2) is 0 Å². The van der Waals surface area contributed by atoms with Crippen LogP contribution in [0.3, 0.4) is 0 Å². The van der Waals surface area contributed by atoms with Gasteiger partial charge >= 0.3 is 5.97 Å². The first-order chi connectivity index (χ1) is 12.5. The van der Waals surface area contributed by atoms with Gasteiger partial charge in [0.2, 0.25) is 6.41 Å². The summed E-state index contributed by atoms with van der Waals surface area (Å²) in [4.78, 5) is 19.6. The van der Waals surface area contributed by atoms with Crippen molar-refractivity contribution < 1.29 is 14.3 Å². The molecular formula is C21H28BrNO3. The summed E-state index contributed by atoms with van der Waals surface area (Å²) in [6.07, 6.45) is 3.08. The van der Waals surface area contributed by atoms with Gasteiger partial charge in [-0.05, 0) is 35.7 Å². The topological polar surface area (TPSA) is 55.4 Å². The Hall–Kier alpha value is -2.14. The lowest BCUT2D eigenvalue weighted by Crippen LogP contribution is -2.21. The molecule has 2 aromatic rings. The second-order valence-corrected chi connectivity index (χ2v) is 6.32. The first-order valence-electron chi connectivity index (χ1n) is 8.55. The number of rotatable bonds is 5. The molecule has 2 rings (SSSR count). The molecule has 0 aromatic heterocycles. The van der Waals surface area contributed by atoms with Gasteiger partial charge in [-0.15, -0.1) is 0 Å². The Labute approximate surface area is 165 Å². The van der Waals surface area contributed by atoms with Crippen LogP contribution in [0.25, 0.3) is 11.1 Å². The molecule has 0 heterocycles. The number of hydrogen-bond acceptors (Lipinski definition) is 3. The Kier molecular flexibility index (Phi) is 13.9. The Balaban J connectivity index is 0.000000444. The molecule has 0 bridgehead atoms. The summed E-state index contributed by atoms with van der Waals surface area (Å²) in [5.41, 5.74) is 3.87. The van der Waals surface area contributed by atoms with Gasteiger partial charge in [0.25, 0.3) is 0 Å². The zero-order valence-electron chi connectivity index (χ0n) is 15.9. The van der Waals surface area contributed by atoms with E-state index >= 15 is 0 Å². The maximum atomic E-state index is 10.1. The van der Waals surface area contributed by atoms with Gasteiger partial charge in [-0.1, -0.05) is 79.0 Å². The highest BCUT2D eigenvalue weighted by molar-refractivity contribution is 9.10. The van der Waals surface area contributed by atoms with E-state index in [4.69, 9.17) is 0 Å². The van der Waals surface area contributed by atoms with E-state index in [1.54, 1.807) is 0 Å². The van der Waals surface area contributed by atoms with Crippen LogP contribution in [0.4, 0.5) is 0 Å². The summed E-state index contributed by atoms with van der Waals surface area (Å²) < 4.78 is 5.32. The summed E-state index contributed by atoms with van der Waals surface area (Å²) >= 11 is 3.49. The number of benzene rings is 2. The normalized spacial score (nSPS) is 8.96. The molecule has 0 radical (unpaired) electrons.